The van der Waals surface area contributed by atoms with E-state index in [2.05, 4.69) is 9.88 Å². The zero-order chi connectivity index (χ0) is 13.4. The highest BCUT2D eigenvalue weighted by Crippen LogP contribution is 2.28. The van der Waals surface area contributed by atoms with Crippen molar-refractivity contribution in [3.8, 4) is 0 Å². The van der Waals surface area contributed by atoms with Crippen molar-refractivity contribution in [1.29, 1.82) is 0 Å². The molecule has 1 aliphatic rings. The van der Waals surface area contributed by atoms with Crippen LogP contribution in [0.5, 0.6) is 0 Å². The number of carbonyl (C=O) groups excluding carboxylic acids is 1. The summed E-state index contributed by atoms with van der Waals surface area (Å²) in [5.41, 5.74) is 14.7. The van der Waals surface area contributed by atoms with Gasteiger partial charge in [0.2, 0.25) is 5.91 Å². The van der Waals surface area contributed by atoms with Crippen LogP contribution in [0, 0.1) is 0 Å². The van der Waals surface area contributed by atoms with Crippen molar-refractivity contribution in [3.63, 3.8) is 0 Å². The van der Waals surface area contributed by atoms with Gasteiger partial charge < -0.3 is 16.4 Å². The van der Waals surface area contributed by atoms with Crippen LogP contribution in [0.1, 0.15) is 21.5 Å². The molecule has 0 fully saturated rings. The van der Waals surface area contributed by atoms with E-state index in [9.17, 15) is 4.79 Å². The summed E-state index contributed by atoms with van der Waals surface area (Å²) in [5.74, 6) is 0.372. The van der Waals surface area contributed by atoms with E-state index in [1.807, 2.05) is 24.3 Å². The number of amides is 1. The molecule has 5 nitrogen and oxygen atoms in total. The Labute approximate surface area is 110 Å². The SMILES string of the molecule is NC(=O)c1ccc(N2Cc3ccc(N)cc3C2)nc1. The minimum absolute atomic E-state index is 0.421. The molecule has 0 bridgehead atoms. The van der Waals surface area contributed by atoms with Gasteiger partial charge in [-0.2, -0.15) is 0 Å². The number of primary amides is 1. The van der Waals surface area contributed by atoms with Crippen LogP contribution in [0.2, 0.25) is 0 Å². The molecule has 1 aromatic carbocycles. The highest BCUT2D eigenvalue weighted by atomic mass is 16.1. The largest absolute Gasteiger partial charge is 0.399 e. The van der Waals surface area contributed by atoms with Crippen LogP contribution in [0.4, 0.5) is 11.5 Å². The van der Waals surface area contributed by atoms with Crippen LogP contribution in [-0.2, 0) is 13.1 Å². The van der Waals surface area contributed by atoms with Crippen molar-refractivity contribution in [3.05, 3.63) is 53.2 Å². The number of carbonyl (C=O) groups is 1. The van der Waals surface area contributed by atoms with Gasteiger partial charge in [-0.1, -0.05) is 6.07 Å². The number of aromatic nitrogens is 1. The van der Waals surface area contributed by atoms with Crippen molar-refractivity contribution < 1.29 is 4.79 Å². The summed E-state index contributed by atoms with van der Waals surface area (Å²) in [6, 6.07) is 9.46. The summed E-state index contributed by atoms with van der Waals surface area (Å²) in [7, 11) is 0. The molecule has 19 heavy (non-hydrogen) atoms. The lowest BCUT2D eigenvalue weighted by Gasteiger charge is -2.16. The van der Waals surface area contributed by atoms with E-state index in [-0.39, 0.29) is 0 Å². The van der Waals surface area contributed by atoms with Crippen molar-refractivity contribution in [2.75, 3.05) is 10.6 Å². The standard InChI is InChI=1S/C14H14N4O/c15-12-3-1-10-7-18(8-11(10)5-12)13-4-2-9(6-17-13)14(16)19/h1-6H,7-8,15H2,(H2,16,19). The Morgan fingerprint density at radius 2 is 1.95 bits per heavy atom. The normalized spacial score (nSPS) is 13.4. The Morgan fingerprint density at radius 3 is 2.63 bits per heavy atom. The van der Waals surface area contributed by atoms with Gasteiger partial charge in [-0.15, -0.1) is 0 Å². The molecule has 1 aliphatic heterocycles. The van der Waals surface area contributed by atoms with E-state index in [0.29, 0.717) is 5.56 Å². The number of benzene rings is 1. The third-order valence-corrected chi connectivity index (χ3v) is 3.31. The number of fused-ring (bicyclic) bond motifs is 1. The summed E-state index contributed by atoms with van der Waals surface area (Å²) < 4.78 is 0. The maximum absolute atomic E-state index is 11.0. The molecule has 0 radical (unpaired) electrons. The number of pyridine rings is 1. The van der Waals surface area contributed by atoms with E-state index in [1.54, 1.807) is 6.07 Å². The fourth-order valence-corrected chi connectivity index (χ4v) is 2.30. The number of nitrogens with zero attached hydrogens (tertiary/aromatic N) is 2. The summed E-state index contributed by atoms with van der Waals surface area (Å²) in [4.78, 5) is 17.4. The molecule has 0 atom stereocenters. The topological polar surface area (TPSA) is 85.2 Å². The lowest BCUT2D eigenvalue weighted by Crippen LogP contribution is -2.17. The lowest BCUT2D eigenvalue weighted by atomic mass is 10.1. The second kappa shape index (κ2) is 4.28. The van der Waals surface area contributed by atoms with E-state index in [1.165, 1.54) is 17.3 Å². The van der Waals surface area contributed by atoms with Crippen LogP contribution < -0.4 is 16.4 Å². The fourth-order valence-electron chi connectivity index (χ4n) is 2.30. The molecule has 5 heteroatoms. The quantitative estimate of drug-likeness (QED) is 0.791. The molecule has 0 spiro atoms. The van der Waals surface area contributed by atoms with Gasteiger partial charge in [-0.05, 0) is 35.4 Å². The average molecular weight is 254 g/mol. The Morgan fingerprint density at radius 1 is 1.16 bits per heavy atom. The van der Waals surface area contributed by atoms with Crippen LogP contribution in [0.3, 0.4) is 0 Å². The molecular formula is C14H14N4O. The molecule has 4 N–H and O–H groups in total. The summed E-state index contributed by atoms with van der Waals surface area (Å²) in [6.07, 6.45) is 1.51. The van der Waals surface area contributed by atoms with E-state index >= 15 is 0 Å². The van der Waals surface area contributed by atoms with Gasteiger partial charge >= 0.3 is 0 Å². The zero-order valence-electron chi connectivity index (χ0n) is 10.3. The van der Waals surface area contributed by atoms with Gasteiger partial charge in [0.25, 0.3) is 0 Å². The maximum atomic E-state index is 11.0. The third-order valence-electron chi connectivity index (χ3n) is 3.31. The van der Waals surface area contributed by atoms with Crippen molar-refractivity contribution >= 4 is 17.4 Å². The summed E-state index contributed by atoms with van der Waals surface area (Å²) in [5, 5.41) is 0. The molecule has 0 unspecified atom stereocenters. The molecule has 0 aliphatic carbocycles. The minimum Gasteiger partial charge on any atom is -0.399 e. The third kappa shape index (κ3) is 2.10. The van der Waals surface area contributed by atoms with Crippen molar-refractivity contribution in [1.82, 2.24) is 4.98 Å². The van der Waals surface area contributed by atoms with E-state index in [0.717, 1.165) is 24.6 Å². The molecule has 2 aromatic rings. The fraction of sp³-hybridized carbons (Fsp3) is 0.143. The van der Waals surface area contributed by atoms with E-state index < -0.39 is 5.91 Å². The highest BCUT2D eigenvalue weighted by molar-refractivity contribution is 5.92. The number of hydrogen-bond donors (Lipinski definition) is 2. The lowest BCUT2D eigenvalue weighted by molar-refractivity contribution is 0.1000. The Bertz CT molecular complexity index is 636. The summed E-state index contributed by atoms with van der Waals surface area (Å²) in [6.45, 7) is 1.59. The first-order chi connectivity index (χ1) is 9.13. The molecule has 0 saturated carbocycles. The second-order valence-corrected chi connectivity index (χ2v) is 4.65. The molecular weight excluding hydrogens is 240 g/mol. The van der Waals surface area contributed by atoms with Crippen molar-refractivity contribution in [2.45, 2.75) is 13.1 Å². The highest BCUT2D eigenvalue weighted by Gasteiger charge is 2.20. The number of anilines is 2. The monoisotopic (exact) mass is 254 g/mol. The zero-order valence-corrected chi connectivity index (χ0v) is 10.3. The number of nitrogens with two attached hydrogens (primary N) is 2. The predicted molar refractivity (Wildman–Crippen MR) is 73.5 cm³/mol. The van der Waals surface area contributed by atoms with Gasteiger partial charge in [0.05, 0.1) is 5.56 Å². The molecule has 2 heterocycles. The molecule has 3 rings (SSSR count). The van der Waals surface area contributed by atoms with Gasteiger partial charge in [0.1, 0.15) is 5.82 Å². The van der Waals surface area contributed by atoms with Crippen LogP contribution in [-0.4, -0.2) is 10.9 Å². The maximum Gasteiger partial charge on any atom is 0.250 e. The van der Waals surface area contributed by atoms with Crippen LogP contribution in [0.15, 0.2) is 36.5 Å². The number of rotatable bonds is 2. The van der Waals surface area contributed by atoms with Crippen LogP contribution >= 0.6 is 0 Å². The van der Waals surface area contributed by atoms with E-state index in [4.69, 9.17) is 11.5 Å². The minimum atomic E-state index is -0.462. The van der Waals surface area contributed by atoms with Gasteiger partial charge in [-0.25, -0.2) is 4.98 Å². The first-order valence-electron chi connectivity index (χ1n) is 6.01. The average Bonchev–Trinajstić information content (AvgIpc) is 2.81. The second-order valence-electron chi connectivity index (χ2n) is 4.65. The molecule has 1 amide bonds. The van der Waals surface area contributed by atoms with Crippen LogP contribution in [0.25, 0.3) is 0 Å². The first-order valence-corrected chi connectivity index (χ1v) is 6.01. The van der Waals surface area contributed by atoms with Gasteiger partial charge in [-0.3, -0.25) is 4.79 Å². The summed E-state index contributed by atoms with van der Waals surface area (Å²) >= 11 is 0. The Kier molecular flexibility index (Phi) is 2.59. The first kappa shape index (κ1) is 11.5. The smallest absolute Gasteiger partial charge is 0.250 e. The predicted octanol–water partition coefficient (Wildman–Crippen LogP) is 1.28. The number of hydrogen-bond acceptors (Lipinski definition) is 4. The number of nitrogen functional groups attached to an aromatic ring is 1. The Balaban J connectivity index is 1.84. The molecule has 0 saturated heterocycles. The Hall–Kier alpha value is -2.56. The molecule has 96 valence electrons. The van der Waals surface area contributed by atoms with Gasteiger partial charge in [0, 0.05) is 25.0 Å². The van der Waals surface area contributed by atoms with Crippen molar-refractivity contribution in [2.24, 2.45) is 5.73 Å². The van der Waals surface area contributed by atoms with Gasteiger partial charge in [0.15, 0.2) is 0 Å². The molecule has 1 aromatic heterocycles.